The van der Waals surface area contributed by atoms with Crippen molar-refractivity contribution in [2.45, 2.75) is 154 Å². The zero-order valence-electron chi connectivity index (χ0n) is 30.6. The van der Waals surface area contributed by atoms with Crippen molar-refractivity contribution in [1.82, 2.24) is 4.90 Å². The maximum absolute atomic E-state index is 13.9. The summed E-state index contributed by atoms with van der Waals surface area (Å²) < 4.78 is 43.0. The highest BCUT2D eigenvalue weighted by Gasteiger charge is 2.57. The second kappa shape index (κ2) is 16.0. The van der Waals surface area contributed by atoms with Gasteiger partial charge in [0.15, 0.2) is 24.0 Å². The fourth-order valence-corrected chi connectivity index (χ4v) is 7.89. The van der Waals surface area contributed by atoms with Crippen LogP contribution in [-0.2, 0) is 42.7 Å². The zero-order chi connectivity index (χ0) is 35.8. The quantitative estimate of drug-likeness (QED) is 0.274. The van der Waals surface area contributed by atoms with E-state index < -0.39 is 96.7 Å². The molecule has 0 aromatic carbocycles. The monoisotopic (exact) mass is 687 g/mol. The number of rotatable bonds is 6. The lowest BCUT2D eigenvalue weighted by atomic mass is 9.76. The van der Waals surface area contributed by atoms with Gasteiger partial charge in [-0.05, 0) is 60.5 Å². The minimum Gasteiger partial charge on any atom is -0.462 e. The number of likely N-dealkylation sites (N-methyl/N-ethyl adjacent to an activating group) is 1. The lowest BCUT2D eigenvalue weighted by molar-refractivity contribution is -0.299. The van der Waals surface area contributed by atoms with Crippen LogP contribution >= 0.6 is 0 Å². The Morgan fingerprint density at radius 3 is 2.02 bits per heavy atom. The summed E-state index contributed by atoms with van der Waals surface area (Å²) in [7, 11) is 5.32. The number of ketones is 1. The number of Topliss-reactive ketones (excluding diaryl/α,β-unsaturated/α-hetero) is 1. The Balaban J connectivity index is 1.75. The Morgan fingerprint density at radius 2 is 1.44 bits per heavy atom. The number of ether oxygens (including phenoxy) is 7. The van der Waals surface area contributed by atoms with E-state index in [4.69, 9.17) is 33.2 Å². The largest absolute Gasteiger partial charge is 0.462 e. The molecule has 0 aromatic rings. The Bertz CT molecular complexity index is 1090. The highest BCUT2D eigenvalue weighted by atomic mass is 16.7. The van der Waals surface area contributed by atoms with Crippen molar-refractivity contribution in [1.29, 1.82) is 0 Å². The van der Waals surface area contributed by atoms with Crippen molar-refractivity contribution in [2.75, 3.05) is 27.8 Å². The van der Waals surface area contributed by atoms with Crippen LogP contribution in [0.15, 0.2) is 0 Å². The molecular formula is C35H61NO12. The Kier molecular flexibility index (Phi) is 13.1. The van der Waals surface area contributed by atoms with E-state index in [0.29, 0.717) is 6.42 Å². The Morgan fingerprint density at radius 1 is 0.792 bits per heavy atom. The number of hydrogen-bond acceptors (Lipinski definition) is 13. The van der Waals surface area contributed by atoms with Crippen LogP contribution in [0.3, 0.4) is 0 Å². The predicted octanol–water partition coefficient (Wildman–Crippen LogP) is 1.91. The van der Waals surface area contributed by atoms with Crippen molar-refractivity contribution in [2.24, 2.45) is 29.6 Å². The summed E-state index contributed by atoms with van der Waals surface area (Å²) >= 11 is 0. The predicted molar refractivity (Wildman–Crippen MR) is 174 cm³/mol. The molecule has 4 aliphatic rings. The normalized spacial score (nSPS) is 49.9. The summed E-state index contributed by atoms with van der Waals surface area (Å²) in [6.07, 6.45) is -7.15. The van der Waals surface area contributed by atoms with Crippen LogP contribution in [0.1, 0.15) is 74.7 Å². The summed E-state index contributed by atoms with van der Waals surface area (Å²) in [4.78, 5) is 29.7. The van der Waals surface area contributed by atoms with Gasteiger partial charge in [0.25, 0.3) is 0 Å². The number of nitrogens with zero attached hydrogens (tertiary/aromatic N) is 1. The first-order valence-electron chi connectivity index (χ1n) is 17.7. The number of carbonyl (C=O) groups excluding carboxylic acids is 2. The SMILES string of the molecule is COC1CC(OC2C(C)C(=O)OC(C)C(C)C(O)C(C)C(=O)[C@]3(CO3)CC(C)C(OC3OC(C)CC(N(C)C)C3O)C2C)OC(C)C1O. The number of cyclic esters (lactones) is 1. The molecule has 0 saturated carbocycles. The second-order valence-corrected chi connectivity index (χ2v) is 15.3. The van der Waals surface area contributed by atoms with Crippen molar-refractivity contribution in [3.05, 3.63) is 0 Å². The molecule has 17 unspecified atom stereocenters. The molecular weight excluding hydrogens is 626 g/mol. The molecule has 4 saturated heterocycles. The van der Waals surface area contributed by atoms with E-state index in [2.05, 4.69) is 0 Å². The molecule has 0 aromatic heterocycles. The molecule has 13 heteroatoms. The first-order valence-corrected chi connectivity index (χ1v) is 17.7. The number of methoxy groups -OCH3 is 1. The van der Waals surface area contributed by atoms with E-state index in [1.807, 2.05) is 39.8 Å². The van der Waals surface area contributed by atoms with Gasteiger partial charge in [-0.1, -0.05) is 27.7 Å². The smallest absolute Gasteiger partial charge is 0.311 e. The number of carbonyl (C=O) groups is 2. The molecule has 0 aliphatic carbocycles. The van der Waals surface area contributed by atoms with E-state index in [-0.39, 0.29) is 43.3 Å². The van der Waals surface area contributed by atoms with Crippen molar-refractivity contribution in [3.63, 3.8) is 0 Å². The Labute approximate surface area is 285 Å². The lowest BCUT2D eigenvalue weighted by Crippen LogP contribution is -2.57. The lowest BCUT2D eigenvalue weighted by Gasteiger charge is -2.46. The van der Waals surface area contributed by atoms with Gasteiger partial charge in [-0.3, -0.25) is 9.59 Å². The van der Waals surface area contributed by atoms with Crippen LogP contribution in [0.2, 0.25) is 0 Å². The van der Waals surface area contributed by atoms with Crippen LogP contribution in [0.4, 0.5) is 0 Å². The van der Waals surface area contributed by atoms with Gasteiger partial charge in [0.2, 0.25) is 0 Å². The number of esters is 1. The zero-order valence-corrected chi connectivity index (χ0v) is 30.6. The molecule has 48 heavy (non-hydrogen) atoms. The van der Waals surface area contributed by atoms with Crippen molar-refractivity contribution >= 4 is 11.8 Å². The van der Waals surface area contributed by atoms with Crippen LogP contribution in [0, 0.1) is 29.6 Å². The minimum absolute atomic E-state index is 0.198. The maximum Gasteiger partial charge on any atom is 0.311 e. The second-order valence-electron chi connectivity index (χ2n) is 15.3. The highest BCUT2D eigenvalue weighted by Crippen LogP contribution is 2.43. The van der Waals surface area contributed by atoms with Gasteiger partial charge in [0, 0.05) is 37.3 Å². The first kappa shape index (κ1) is 39.5. The van der Waals surface area contributed by atoms with E-state index in [0.717, 1.165) is 0 Å². The van der Waals surface area contributed by atoms with Gasteiger partial charge >= 0.3 is 5.97 Å². The summed E-state index contributed by atoms with van der Waals surface area (Å²) in [5.74, 6) is -3.74. The summed E-state index contributed by atoms with van der Waals surface area (Å²) in [6.45, 7) is 14.6. The average Bonchev–Trinajstić information content (AvgIpc) is 3.82. The van der Waals surface area contributed by atoms with Gasteiger partial charge in [-0.25, -0.2) is 0 Å². The standard InChI is InChI=1S/C35H61NO12/c1-16-14-35(15-43-35)32(40)19(4)27(37)18(3)22(7)46-33(41)21(6)31(47-26-13-25(42-11)28(38)23(8)45-26)20(5)30(16)48-34-29(39)24(36(9)10)12-17(2)44-34/h16-31,34,37-39H,12-15H2,1-11H3/t16?,17?,18?,19?,20?,21?,22?,23?,24?,25?,26?,27?,28?,29?,30?,31?,34?,35-/m1/s1. The maximum atomic E-state index is 13.9. The fourth-order valence-electron chi connectivity index (χ4n) is 7.89. The first-order chi connectivity index (χ1) is 22.4. The molecule has 0 amide bonds. The summed E-state index contributed by atoms with van der Waals surface area (Å²) in [5, 5.41) is 33.3. The number of aliphatic hydroxyl groups excluding tert-OH is 3. The highest BCUT2D eigenvalue weighted by molar-refractivity contribution is 5.92. The van der Waals surface area contributed by atoms with E-state index in [1.54, 1.807) is 34.6 Å². The van der Waals surface area contributed by atoms with E-state index in [1.165, 1.54) is 7.11 Å². The summed E-state index contributed by atoms with van der Waals surface area (Å²) in [6, 6.07) is -0.219. The molecule has 4 fully saturated rings. The van der Waals surface area contributed by atoms with E-state index >= 15 is 0 Å². The third-order valence-corrected chi connectivity index (χ3v) is 11.4. The molecule has 18 atom stereocenters. The van der Waals surface area contributed by atoms with Gasteiger partial charge in [-0.2, -0.15) is 0 Å². The van der Waals surface area contributed by atoms with Crippen molar-refractivity contribution in [3.8, 4) is 0 Å². The van der Waals surface area contributed by atoms with Gasteiger partial charge in [-0.15, -0.1) is 0 Å². The van der Waals surface area contributed by atoms with Gasteiger partial charge < -0.3 is 53.4 Å². The van der Waals surface area contributed by atoms with E-state index in [9.17, 15) is 24.9 Å². The molecule has 13 nitrogen and oxygen atoms in total. The topological polar surface area (TPSA) is 166 Å². The fraction of sp³-hybridized carbons (Fsp3) is 0.943. The third-order valence-electron chi connectivity index (χ3n) is 11.4. The molecule has 4 heterocycles. The minimum atomic E-state index is -1.10. The average molecular weight is 688 g/mol. The van der Waals surface area contributed by atoms with Crippen LogP contribution in [-0.4, -0.2) is 139 Å². The number of epoxide rings is 1. The number of aliphatic hydroxyl groups is 3. The molecule has 0 radical (unpaired) electrons. The van der Waals surface area contributed by atoms with Crippen LogP contribution < -0.4 is 0 Å². The van der Waals surface area contributed by atoms with Crippen molar-refractivity contribution < 1.29 is 58.1 Å². The third kappa shape index (κ3) is 8.43. The molecule has 3 N–H and O–H groups in total. The summed E-state index contributed by atoms with van der Waals surface area (Å²) in [5.41, 5.74) is -1.10. The Hall–Kier alpha value is -1.26. The van der Waals surface area contributed by atoms with Gasteiger partial charge in [0.1, 0.15) is 18.3 Å². The van der Waals surface area contributed by atoms with Gasteiger partial charge in [0.05, 0.1) is 49.1 Å². The molecule has 0 bridgehead atoms. The molecule has 4 aliphatic heterocycles. The van der Waals surface area contributed by atoms with Crippen LogP contribution in [0.25, 0.3) is 0 Å². The van der Waals surface area contributed by atoms with Crippen LogP contribution in [0.5, 0.6) is 0 Å². The molecule has 1 spiro atoms. The molecule has 4 rings (SSSR count). The molecule has 278 valence electrons. The number of hydrogen-bond donors (Lipinski definition) is 3.